The number of hydrogen-bond acceptors (Lipinski definition) is 5. The Kier molecular flexibility index (Phi) is 6.76. The molecule has 146 valence electrons. The molecule has 0 atom stereocenters. The van der Waals surface area contributed by atoms with Crippen molar-refractivity contribution < 1.29 is 18.9 Å². The fourth-order valence-electron chi connectivity index (χ4n) is 2.85. The third kappa shape index (κ3) is 4.75. The molecule has 28 heavy (non-hydrogen) atoms. The van der Waals surface area contributed by atoms with Gasteiger partial charge in [0.15, 0.2) is 11.5 Å². The standard InChI is InChI=1S/C23H25NO4/c1-25-19-9-11-21(26-2)20(15-19)18-8-10-22(27-13-12-24)23(14-18)28-16-17-6-4-3-5-7-17/h3-11,14-15H,12-13,16,24H2,1-2H3. The smallest absolute Gasteiger partial charge is 0.162 e. The Bertz CT molecular complexity index is 896. The van der Waals surface area contributed by atoms with E-state index in [0.29, 0.717) is 31.3 Å². The monoisotopic (exact) mass is 379 g/mol. The van der Waals surface area contributed by atoms with Crippen molar-refractivity contribution in [3.63, 3.8) is 0 Å². The summed E-state index contributed by atoms with van der Waals surface area (Å²) in [5.41, 5.74) is 8.52. The molecule has 5 heteroatoms. The van der Waals surface area contributed by atoms with E-state index in [2.05, 4.69) is 0 Å². The molecule has 5 nitrogen and oxygen atoms in total. The quantitative estimate of drug-likeness (QED) is 0.601. The lowest BCUT2D eigenvalue weighted by Crippen LogP contribution is -2.11. The highest BCUT2D eigenvalue weighted by atomic mass is 16.5. The summed E-state index contributed by atoms with van der Waals surface area (Å²) in [6, 6.07) is 21.5. The van der Waals surface area contributed by atoms with Crippen LogP contribution in [0.5, 0.6) is 23.0 Å². The Morgan fingerprint density at radius 2 is 1.54 bits per heavy atom. The summed E-state index contributed by atoms with van der Waals surface area (Å²) in [6.45, 7) is 1.30. The van der Waals surface area contributed by atoms with E-state index in [9.17, 15) is 0 Å². The van der Waals surface area contributed by atoms with Crippen molar-refractivity contribution in [2.75, 3.05) is 27.4 Å². The van der Waals surface area contributed by atoms with Crippen LogP contribution in [-0.2, 0) is 6.61 Å². The lowest BCUT2D eigenvalue weighted by Gasteiger charge is -2.16. The van der Waals surface area contributed by atoms with Gasteiger partial charge in [-0.25, -0.2) is 0 Å². The van der Waals surface area contributed by atoms with E-state index in [4.69, 9.17) is 24.7 Å². The predicted molar refractivity (Wildman–Crippen MR) is 110 cm³/mol. The molecule has 0 bridgehead atoms. The molecule has 0 saturated carbocycles. The molecule has 0 saturated heterocycles. The van der Waals surface area contributed by atoms with E-state index in [0.717, 1.165) is 28.2 Å². The summed E-state index contributed by atoms with van der Waals surface area (Å²) >= 11 is 0. The second kappa shape index (κ2) is 9.67. The van der Waals surface area contributed by atoms with Gasteiger partial charge in [-0.3, -0.25) is 0 Å². The molecule has 0 fully saturated rings. The van der Waals surface area contributed by atoms with Crippen molar-refractivity contribution in [2.24, 2.45) is 5.73 Å². The van der Waals surface area contributed by atoms with Crippen LogP contribution in [0.4, 0.5) is 0 Å². The fraction of sp³-hybridized carbons (Fsp3) is 0.217. The first-order chi connectivity index (χ1) is 13.7. The number of hydrogen-bond donors (Lipinski definition) is 1. The van der Waals surface area contributed by atoms with Gasteiger partial charge >= 0.3 is 0 Å². The molecule has 3 aromatic carbocycles. The second-order valence-electron chi connectivity index (χ2n) is 6.14. The van der Waals surface area contributed by atoms with Crippen LogP contribution in [0.1, 0.15) is 5.56 Å². The largest absolute Gasteiger partial charge is 0.497 e. The summed E-state index contributed by atoms with van der Waals surface area (Å²) in [6.07, 6.45) is 0. The molecule has 0 aromatic heterocycles. The predicted octanol–water partition coefficient (Wildman–Crippen LogP) is 4.29. The van der Waals surface area contributed by atoms with E-state index in [-0.39, 0.29) is 0 Å². The van der Waals surface area contributed by atoms with E-state index in [1.54, 1.807) is 14.2 Å². The summed E-state index contributed by atoms with van der Waals surface area (Å²) in [5.74, 6) is 2.82. The molecular formula is C23H25NO4. The molecule has 0 spiro atoms. The average Bonchev–Trinajstić information content (AvgIpc) is 2.76. The van der Waals surface area contributed by atoms with Gasteiger partial charge in [0, 0.05) is 12.1 Å². The third-order valence-electron chi connectivity index (χ3n) is 4.27. The highest BCUT2D eigenvalue weighted by Gasteiger charge is 2.13. The third-order valence-corrected chi connectivity index (χ3v) is 4.27. The molecule has 0 amide bonds. The van der Waals surface area contributed by atoms with Gasteiger partial charge in [-0.05, 0) is 41.5 Å². The van der Waals surface area contributed by atoms with Gasteiger partial charge < -0.3 is 24.7 Å². The number of ether oxygens (including phenoxy) is 4. The van der Waals surface area contributed by atoms with Crippen molar-refractivity contribution in [2.45, 2.75) is 6.61 Å². The van der Waals surface area contributed by atoms with Gasteiger partial charge in [0.05, 0.1) is 14.2 Å². The van der Waals surface area contributed by atoms with Crippen molar-refractivity contribution >= 4 is 0 Å². The van der Waals surface area contributed by atoms with E-state index in [1.165, 1.54) is 0 Å². The minimum absolute atomic E-state index is 0.420. The summed E-state index contributed by atoms with van der Waals surface area (Å²) in [5, 5.41) is 0. The highest BCUT2D eigenvalue weighted by molar-refractivity contribution is 5.74. The first-order valence-electron chi connectivity index (χ1n) is 9.11. The first kappa shape index (κ1) is 19.6. The minimum Gasteiger partial charge on any atom is -0.497 e. The fourth-order valence-corrected chi connectivity index (χ4v) is 2.85. The zero-order valence-corrected chi connectivity index (χ0v) is 16.2. The Hall–Kier alpha value is -3.18. The first-order valence-corrected chi connectivity index (χ1v) is 9.11. The second-order valence-corrected chi connectivity index (χ2v) is 6.14. The number of nitrogens with two attached hydrogens (primary N) is 1. The molecule has 2 N–H and O–H groups in total. The maximum Gasteiger partial charge on any atom is 0.162 e. The van der Waals surface area contributed by atoms with E-state index in [1.807, 2.05) is 66.7 Å². The molecular weight excluding hydrogens is 354 g/mol. The Labute approximate surface area is 165 Å². The van der Waals surface area contributed by atoms with E-state index < -0.39 is 0 Å². The topological polar surface area (TPSA) is 62.9 Å². The van der Waals surface area contributed by atoms with Crippen molar-refractivity contribution in [3.8, 4) is 34.1 Å². The molecule has 3 rings (SSSR count). The maximum absolute atomic E-state index is 6.07. The van der Waals surface area contributed by atoms with Crippen LogP contribution in [-0.4, -0.2) is 27.4 Å². The molecule has 0 radical (unpaired) electrons. The highest BCUT2D eigenvalue weighted by Crippen LogP contribution is 2.38. The van der Waals surface area contributed by atoms with Crippen LogP contribution in [0.3, 0.4) is 0 Å². The van der Waals surface area contributed by atoms with Gasteiger partial charge in [-0.15, -0.1) is 0 Å². The van der Waals surface area contributed by atoms with Gasteiger partial charge in [-0.2, -0.15) is 0 Å². The lowest BCUT2D eigenvalue weighted by atomic mass is 10.0. The average molecular weight is 379 g/mol. The van der Waals surface area contributed by atoms with Crippen LogP contribution >= 0.6 is 0 Å². The lowest BCUT2D eigenvalue weighted by molar-refractivity contribution is 0.266. The molecule has 0 heterocycles. The Morgan fingerprint density at radius 1 is 0.750 bits per heavy atom. The van der Waals surface area contributed by atoms with Crippen LogP contribution < -0.4 is 24.7 Å². The maximum atomic E-state index is 6.07. The molecule has 3 aromatic rings. The summed E-state index contributed by atoms with van der Waals surface area (Å²) < 4.78 is 22.7. The van der Waals surface area contributed by atoms with Crippen molar-refractivity contribution in [3.05, 3.63) is 72.3 Å². The number of benzene rings is 3. The summed E-state index contributed by atoms with van der Waals surface area (Å²) in [4.78, 5) is 0. The van der Waals surface area contributed by atoms with E-state index >= 15 is 0 Å². The number of rotatable bonds is 9. The van der Waals surface area contributed by atoms with Gasteiger partial charge in [0.25, 0.3) is 0 Å². The van der Waals surface area contributed by atoms with Crippen molar-refractivity contribution in [1.82, 2.24) is 0 Å². The zero-order valence-electron chi connectivity index (χ0n) is 16.2. The molecule has 0 aliphatic rings. The van der Waals surface area contributed by atoms with Crippen LogP contribution in [0, 0.1) is 0 Å². The SMILES string of the molecule is COc1ccc(OC)c(-c2ccc(OCCN)c(OCc3ccccc3)c2)c1. The molecule has 0 aliphatic heterocycles. The summed E-state index contributed by atoms with van der Waals surface area (Å²) in [7, 11) is 3.29. The van der Waals surface area contributed by atoms with Crippen LogP contribution in [0.2, 0.25) is 0 Å². The van der Waals surface area contributed by atoms with Gasteiger partial charge in [0.1, 0.15) is 24.7 Å². The normalized spacial score (nSPS) is 10.4. The Morgan fingerprint density at radius 3 is 2.25 bits per heavy atom. The minimum atomic E-state index is 0.420. The van der Waals surface area contributed by atoms with Crippen molar-refractivity contribution in [1.29, 1.82) is 0 Å². The molecule has 0 unspecified atom stereocenters. The zero-order chi connectivity index (χ0) is 19.8. The van der Waals surface area contributed by atoms with Gasteiger partial charge in [0.2, 0.25) is 0 Å². The van der Waals surface area contributed by atoms with Crippen LogP contribution in [0.25, 0.3) is 11.1 Å². The number of methoxy groups -OCH3 is 2. The molecule has 0 aliphatic carbocycles. The van der Waals surface area contributed by atoms with Gasteiger partial charge in [-0.1, -0.05) is 36.4 Å². The Balaban J connectivity index is 1.95. The van der Waals surface area contributed by atoms with Crippen LogP contribution in [0.15, 0.2) is 66.7 Å².